The summed E-state index contributed by atoms with van der Waals surface area (Å²) in [5, 5.41) is 6.78. The zero-order chi connectivity index (χ0) is 6.97. The van der Waals surface area contributed by atoms with Gasteiger partial charge in [0.2, 0.25) is 0 Å². The van der Waals surface area contributed by atoms with E-state index in [0.717, 1.165) is 25.6 Å². The molecule has 2 saturated heterocycles. The van der Waals surface area contributed by atoms with Crippen molar-refractivity contribution in [3.63, 3.8) is 0 Å². The first-order valence-corrected chi connectivity index (χ1v) is 4.07. The number of hydrogen-bond acceptors (Lipinski definition) is 3. The van der Waals surface area contributed by atoms with Gasteiger partial charge >= 0.3 is 0 Å². The molecule has 0 bridgehead atoms. The van der Waals surface area contributed by atoms with Crippen LogP contribution in [-0.4, -0.2) is 31.7 Å². The Morgan fingerprint density at radius 1 is 1.30 bits per heavy atom. The molecule has 4 N–H and O–H groups in total. The zero-order valence-corrected chi connectivity index (χ0v) is 6.14. The van der Waals surface area contributed by atoms with E-state index in [1.807, 2.05) is 0 Å². The number of rotatable bonds is 0. The lowest BCUT2D eigenvalue weighted by atomic mass is 9.91. The van der Waals surface area contributed by atoms with E-state index < -0.39 is 0 Å². The number of nitrogens with one attached hydrogen (secondary N) is 2. The normalized spacial score (nSPS) is 47.1. The van der Waals surface area contributed by atoms with Crippen molar-refractivity contribution in [2.24, 2.45) is 11.7 Å². The van der Waals surface area contributed by atoms with Gasteiger partial charge in [-0.2, -0.15) is 0 Å². The standard InChI is InChI=1S/C7H15N3/c8-6-3-10-7-4-9-2-1-5(6)7/h5-7,9-10H,1-4,8H2. The van der Waals surface area contributed by atoms with Crippen LogP contribution in [0, 0.1) is 5.92 Å². The highest BCUT2D eigenvalue weighted by Crippen LogP contribution is 2.20. The van der Waals surface area contributed by atoms with E-state index in [9.17, 15) is 0 Å². The minimum Gasteiger partial charge on any atom is -0.326 e. The molecule has 3 unspecified atom stereocenters. The minimum atomic E-state index is 0.409. The van der Waals surface area contributed by atoms with E-state index in [1.165, 1.54) is 6.42 Å². The van der Waals surface area contributed by atoms with Gasteiger partial charge in [0.1, 0.15) is 0 Å². The average molecular weight is 141 g/mol. The lowest BCUT2D eigenvalue weighted by molar-refractivity contribution is 0.324. The van der Waals surface area contributed by atoms with Crippen LogP contribution in [-0.2, 0) is 0 Å². The fraction of sp³-hybridized carbons (Fsp3) is 1.00. The molecule has 0 spiro atoms. The molecule has 0 saturated carbocycles. The van der Waals surface area contributed by atoms with Crippen LogP contribution >= 0.6 is 0 Å². The first kappa shape index (κ1) is 6.58. The van der Waals surface area contributed by atoms with Crippen molar-refractivity contribution in [2.45, 2.75) is 18.5 Å². The Kier molecular flexibility index (Phi) is 1.64. The molecule has 2 heterocycles. The van der Waals surface area contributed by atoms with Gasteiger partial charge in [0.25, 0.3) is 0 Å². The smallest absolute Gasteiger partial charge is 0.0237 e. The minimum absolute atomic E-state index is 0.409. The first-order valence-electron chi connectivity index (χ1n) is 4.07. The van der Waals surface area contributed by atoms with Gasteiger partial charge in [-0.3, -0.25) is 0 Å². The van der Waals surface area contributed by atoms with Gasteiger partial charge in [-0.1, -0.05) is 0 Å². The number of hydrogen-bond donors (Lipinski definition) is 3. The molecule has 3 atom stereocenters. The van der Waals surface area contributed by atoms with Gasteiger partial charge in [0, 0.05) is 25.2 Å². The highest BCUT2D eigenvalue weighted by molar-refractivity contribution is 4.96. The molecule has 0 aromatic rings. The van der Waals surface area contributed by atoms with Crippen molar-refractivity contribution in [1.29, 1.82) is 0 Å². The second kappa shape index (κ2) is 2.49. The number of nitrogens with two attached hydrogens (primary N) is 1. The first-order chi connectivity index (χ1) is 4.88. The second-order valence-electron chi connectivity index (χ2n) is 3.34. The van der Waals surface area contributed by atoms with Crippen LogP contribution in [0.3, 0.4) is 0 Å². The third kappa shape index (κ3) is 0.944. The average Bonchev–Trinajstić information content (AvgIpc) is 2.34. The van der Waals surface area contributed by atoms with Crippen LogP contribution < -0.4 is 16.4 Å². The molecule has 10 heavy (non-hydrogen) atoms. The van der Waals surface area contributed by atoms with E-state index in [0.29, 0.717) is 12.1 Å². The Labute approximate surface area is 61.4 Å². The molecular formula is C7H15N3. The molecule has 2 fully saturated rings. The van der Waals surface area contributed by atoms with Crippen molar-refractivity contribution < 1.29 is 0 Å². The summed E-state index contributed by atoms with van der Waals surface area (Å²) in [7, 11) is 0. The van der Waals surface area contributed by atoms with E-state index in [4.69, 9.17) is 5.73 Å². The summed E-state index contributed by atoms with van der Waals surface area (Å²) in [6, 6.07) is 1.07. The second-order valence-corrected chi connectivity index (χ2v) is 3.34. The van der Waals surface area contributed by atoms with E-state index >= 15 is 0 Å². The Bertz CT molecular complexity index is 124. The quantitative estimate of drug-likeness (QED) is 0.401. The van der Waals surface area contributed by atoms with Crippen LogP contribution in [0.5, 0.6) is 0 Å². The maximum Gasteiger partial charge on any atom is 0.0237 e. The third-order valence-corrected chi connectivity index (χ3v) is 2.70. The summed E-state index contributed by atoms with van der Waals surface area (Å²) >= 11 is 0. The topological polar surface area (TPSA) is 50.1 Å². The summed E-state index contributed by atoms with van der Waals surface area (Å²) in [5.74, 6) is 0.737. The van der Waals surface area contributed by atoms with Gasteiger partial charge < -0.3 is 16.4 Å². The Balaban J connectivity index is 2.01. The molecule has 0 aliphatic carbocycles. The molecule has 58 valence electrons. The predicted octanol–water partition coefficient (Wildman–Crippen LogP) is -1.10. The highest BCUT2D eigenvalue weighted by atomic mass is 15.1. The van der Waals surface area contributed by atoms with Gasteiger partial charge in [0.05, 0.1) is 0 Å². The molecule has 2 aliphatic rings. The van der Waals surface area contributed by atoms with Crippen molar-refractivity contribution in [1.82, 2.24) is 10.6 Å². The fourth-order valence-electron chi connectivity index (χ4n) is 2.05. The molecular weight excluding hydrogens is 126 g/mol. The van der Waals surface area contributed by atoms with Crippen molar-refractivity contribution in [3.8, 4) is 0 Å². The molecule has 0 aromatic heterocycles. The number of piperidine rings is 1. The van der Waals surface area contributed by atoms with Crippen LogP contribution in [0.4, 0.5) is 0 Å². The molecule has 0 amide bonds. The molecule has 2 aliphatic heterocycles. The largest absolute Gasteiger partial charge is 0.326 e. The summed E-state index contributed by atoms with van der Waals surface area (Å²) in [4.78, 5) is 0. The van der Waals surface area contributed by atoms with Crippen molar-refractivity contribution in [3.05, 3.63) is 0 Å². The van der Waals surface area contributed by atoms with Crippen LogP contribution in [0.25, 0.3) is 0 Å². The molecule has 0 radical (unpaired) electrons. The monoisotopic (exact) mass is 141 g/mol. The van der Waals surface area contributed by atoms with Crippen LogP contribution in [0.1, 0.15) is 6.42 Å². The third-order valence-electron chi connectivity index (χ3n) is 2.70. The van der Waals surface area contributed by atoms with Crippen LogP contribution in [0.15, 0.2) is 0 Å². The summed E-state index contributed by atoms with van der Waals surface area (Å²) < 4.78 is 0. The molecule has 3 heteroatoms. The maximum absolute atomic E-state index is 5.90. The fourth-order valence-corrected chi connectivity index (χ4v) is 2.05. The SMILES string of the molecule is NC1CNC2CNCCC12. The summed E-state index contributed by atoms with van der Waals surface area (Å²) in [5.41, 5.74) is 5.90. The maximum atomic E-state index is 5.90. The zero-order valence-electron chi connectivity index (χ0n) is 6.14. The van der Waals surface area contributed by atoms with Crippen molar-refractivity contribution in [2.75, 3.05) is 19.6 Å². The Morgan fingerprint density at radius 3 is 3.00 bits per heavy atom. The highest BCUT2D eigenvalue weighted by Gasteiger charge is 2.34. The Hall–Kier alpha value is -0.120. The molecule has 2 rings (SSSR count). The number of fused-ring (bicyclic) bond motifs is 1. The van der Waals surface area contributed by atoms with E-state index in [2.05, 4.69) is 10.6 Å². The summed E-state index contributed by atoms with van der Waals surface area (Å²) in [6.45, 7) is 3.27. The Morgan fingerprint density at radius 2 is 2.20 bits per heavy atom. The van der Waals surface area contributed by atoms with E-state index in [1.54, 1.807) is 0 Å². The lowest BCUT2D eigenvalue weighted by Crippen LogP contribution is -2.45. The molecule has 3 nitrogen and oxygen atoms in total. The van der Waals surface area contributed by atoms with Gasteiger partial charge in [-0.25, -0.2) is 0 Å². The van der Waals surface area contributed by atoms with Crippen molar-refractivity contribution >= 4 is 0 Å². The van der Waals surface area contributed by atoms with Gasteiger partial charge in [-0.05, 0) is 18.9 Å². The lowest BCUT2D eigenvalue weighted by Gasteiger charge is -2.27. The van der Waals surface area contributed by atoms with E-state index in [-0.39, 0.29) is 0 Å². The molecule has 0 aromatic carbocycles. The van der Waals surface area contributed by atoms with Gasteiger partial charge in [-0.15, -0.1) is 0 Å². The predicted molar refractivity (Wildman–Crippen MR) is 40.7 cm³/mol. The summed E-state index contributed by atoms with van der Waals surface area (Å²) in [6.07, 6.45) is 1.25. The van der Waals surface area contributed by atoms with Gasteiger partial charge in [0.15, 0.2) is 0 Å². The van der Waals surface area contributed by atoms with Crippen LogP contribution in [0.2, 0.25) is 0 Å².